The Hall–Kier alpha value is -3.32. The van der Waals surface area contributed by atoms with Gasteiger partial charge in [0.25, 0.3) is 5.79 Å². The van der Waals surface area contributed by atoms with Crippen LogP contribution in [-0.4, -0.2) is 26.6 Å². The third-order valence-corrected chi connectivity index (χ3v) is 6.79. The molecule has 2 heterocycles. The van der Waals surface area contributed by atoms with E-state index in [1.165, 1.54) is 11.3 Å². The number of nitrogens with zero attached hydrogens (tertiary/aromatic N) is 1. The van der Waals surface area contributed by atoms with Crippen LogP contribution < -0.4 is 0 Å². The van der Waals surface area contributed by atoms with Crippen molar-refractivity contribution < 1.29 is 19.7 Å². The molecule has 6 heteroatoms. The van der Waals surface area contributed by atoms with Crippen molar-refractivity contribution in [2.45, 2.75) is 11.4 Å². The molecule has 0 saturated carbocycles. The molecular weight excluding hydrogens is 398 g/mol. The van der Waals surface area contributed by atoms with E-state index in [1.807, 2.05) is 54.6 Å². The molecule has 2 N–H and O–H groups in total. The Labute approximate surface area is 175 Å². The quantitative estimate of drug-likeness (QED) is 0.520. The molecule has 0 saturated heterocycles. The second-order valence-electron chi connectivity index (χ2n) is 7.39. The van der Waals surface area contributed by atoms with Crippen molar-refractivity contribution in [3.63, 3.8) is 0 Å². The average Bonchev–Trinajstić information content (AvgIpc) is 3.36. The first-order valence-corrected chi connectivity index (χ1v) is 10.3. The number of thiazole rings is 1. The minimum absolute atomic E-state index is 0.193. The van der Waals surface area contributed by atoms with Crippen LogP contribution in [0, 0.1) is 0 Å². The lowest BCUT2D eigenvalue weighted by atomic mass is 9.85. The van der Waals surface area contributed by atoms with E-state index in [9.17, 15) is 15.0 Å². The number of Topliss-reactive ketones (excluding diaryl/α,β-unsaturated/α-hetero) is 1. The van der Waals surface area contributed by atoms with Gasteiger partial charge in [-0.25, -0.2) is 4.98 Å². The van der Waals surface area contributed by atoms with E-state index in [4.69, 9.17) is 4.74 Å². The topological polar surface area (TPSA) is 79.7 Å². The van der Waals surface area contributed by atoms with Crippen LogP contribution in [0.1, 0.15) is 26.5 Å². The fourth-order valence-electron chi connectivity index (χ4n) is 4.32. The molecule has 0 fully saturated rings. The van der Waals surface area contributed by atoms with E-state index >= 15 is 0 Å². The molecule has 6 rings (SSSR count). The number of hydrogen-bond donors (Lipinski definition) is 2. The Balaban J connectivity index is 1.68. The first-order valence-electron chi connectivity index (χ1n) is 9.48. The summed E-state index contributed by atoms with van der Waals surface area (Å²) < 4.78 is 6.96. The van der Waals surface area contributed by atoms with E-state index in [0.717, 1.165) is 10.2 Å². The van der Waals surface area contributed by atoms with Crippen molar-refractivity contribution in [3.8, 4) is 0 Å². The summed E-state index contributed by atoms with van der Waals surface area (Å²) in [7, 11) is 0. The summed E-state index contributed by atoms with van der Waals surface area (Å²) in [6.07, 6.45) is 0. The number of ether oxygens (including phenoxy) is 1. The monoisotopic (exact) mass is 413 g/mol. The number of carbonyl (C=O) groups is 1. The Morgan fingerprint density at radius 1 is 0.867 bits per heavy atom. The minimum atomic E-state index is -2.30. The summed E-state index contributed by atoms with van der Waals surface area (Å²) in [5.74, 6) is -2.57. The molecule has 0 unspecified atom stereocenters. The highest BCUT2D eigenvalue weighted by molar-refractivity contribution is 7.19. The van der Waals surface area contributed by atoms with Gasteiger partial charge in [0.1, 0.15) is 10.8 Å². The van der Waals surface area contributed by atoms with Gasteiger partial charge in [-0.15, -0.1) is 11.3 Å². The Bertz CT molecular complexity index is 1340. The lowest BCUT2D eigenvalue weighted by Gasteiger charge is -2.30. The summed E-state index contributed by atoms with van der Waals surface area (Å²) in [6, 6.07) is 23.3. The van der Waals surface area contributed by atoms with Gasteiger partial charge in [-0.05, 0) is 12.1 Å². The molecule has 4 aromatic rings. The summed E-state index contributed by atoms with van der Waals surface area (Å²) in [5.41, 5.74) is -0.211. The first-order chi connectivity index (χ1) is 14.5. The van der Waals surface area contributed by atoms with Crippen molar-refractivity contribution in [1.29, 1.82) is 0 Å². The second kappa shape index (κ2) is 5.86. The SMILES string of the molecule is O=C1c2ccccc2[C@@]2(O)OC(c3ccccc3)=C(c3nc4ccccc4s3)[C@@]12O. The highest BCUT2D eigenvalue weighted by atomic mass is 32.1. The molecule has 146 valence electrons. The second-order valence-corrected chi connectivity index (χ2v) is 8.42. The molecule has 2 atom stereocenters. The van der Waals surface area contributed by atoms with Crippen LogP contribution in [0.4, 0.5) is 0 Å². The van der Waals surface area contributed by atoms with E-state index in [0.29, 0.717) is 10.6 Å². The van der Waals surface area contributed by atoms with Crippen LogP contribution in [0.15, 0.2) is 78.9 Å². The number of ketones is 1. The predicted molar refractivity (Wildman–Crippen MR) is 114 cm³/mol. The lowest BCUT2D eigenvalue weighted by molar-refractivity contribution is -0.220. The molecule has 0 amide bonds. The van der Waals surface area contributed by atoms with E-state index in [-0.39, 0.29) is 22.5 Å². The lowest BCUT2D eigenvalue weighted by Crippen LogP contribution is -2.50. The molecule has 0 bridgehead atoms. The van der Waals surface area contributed by atoms with Crippen LogP contribution >= 0.6 is 11.3 Å². The summed E-state index contributed by atoms with van der Waals surface area (Å²) in [4.78, 5) is 18.1. The zero-order chi connectivity index (χ0) is 20.5. The third kappa shape index (κ3) is 2.02. The van der Waals surface area contributed by atoms with Gasteiger partial charge in [-0.1, -0.05) is 66.7 Å². The number of hydrogen-bond acceptors (Lipinski definition) is 6. The maximum absolute atomic E-state index is 13.4. The Kier molecular flexibility index (Phi) is 3.42. The van der Waals surface area contributed by atoms with Crippen molar-refractivity contribution in [2.24, 2.45) is 0 Å². The zero-order valence-electron chi connectivity index (χ0n) is 15.6. The molecule has 5 nitrogen and oxygen atoms in total. The van der Waals surface area contributed by atoms with E-state index in [2.05, 4.69) is 4.98 Å². The Morgan fingerprint density at radius 3 is 2.37 bits per heavy atom. The van der Waals surface area contributed by atoms with E-state index < -0.39 is 17.2 Å². The number of fused-ring (bicyclic) bond motifs is 4. The standard InChI is InChI=1S/C24H15NO4S/c26-21-15-10-4-5-11-16(15)24(28)23(21,27)19(20(29-24)14-8-2-1-3-9-14)22-25-17-12-6-7-13-18(17)30-22/h1-13,27-28H/t23-,24-/m1/s1. The number of carbonyl (C=O) groups excluding carboxylic acids is 1. The minimum Gasteiger partial charge on any atom is -0.453 e. The fraction of sp³-hybridized carbons (Fsp3) is 0.0833. The zero-order valence-corrected chi connectivity index (χ0v) is 16.4. The Morgan fingerprint density at radius 2 is 1.57 bits per heavy atom. The van der Waals surface area contributed by atoms with Crippen molar-refractivity contribution in [3.05, 3.63) is 101 Å². The maximum Gasteiger partial charge on any atom is 0.277 e. The van der Waals surface area contributed by atoms with Gasteiger partial charge in [0.15, 0.2) is 0 Å². The molecule has 1 aliphatic carbocycles. The van der Waals surface area contributed by atoms with Gasteiger partial charge in [-0.3, -0.25) is 4.79 Å². The summed E-state index contributed by atoms with van der Waals surface area (Å²) in [6.45, 7) is 0. The van der Waals surface area contributed by atoms with Gasteiger partial charge >= 0.3 is 0 Å². The van der Waals surface area contributed by atoms with Crippen molar-refractivity contribution >= 4 is 38.7 Å². The predicted octanol–water partition coefficient (Wildman–Crippen LogP) is 3.97. The normalized spacial score (nSPS) is 24.8. The number of benzene rings is 3. The highest BCUT2D eigenvalue weighted by Crippen LogP contribution is 2.60. The largest absolute Gasteiger partial charge is 0.453 e. The number of aromatic nitrogens is 1. The van der Waals surface area contributed by atoms with Crippen LogP contribution in [0.2, 0.25) is 0 Å². The fourth-order valence-corrected chi connectivity index (χ4v) is 5.38. The van der Waals surface area contributed by atoms with Crippen molar-refractivity contribution in [1.82, 2.24) is 4.98 Å². The van der Waals surface area contributed by atoms with Crippen molar-refractivity contribution in [2.75, 3.05) is 0 Å². The van der Waals surface area contributed by atoms with Crippen LogP contribution in [0.25, 0.3) is 21.5 Å². The van der Waals surface area contributed by atoms with Crippen LogP contribution in [0.3, 0.4) is 0 Å². The molecule has 0 spiro atoms. The molecule has 1 aromatic heterocycles. The molecule has 1 aliphatic heterocycles. The van der Waals surface area contributed by atoms with Gasteiger partial charge in [0, 0.05) is 16.7 Å². The van der Waals surface area contributed by atoms with Gasteiger partial charge < -0.3 is 14.9 Å². The smallest absolute Gasteiger partial charge is 0.277 e. The maximum atomic E-state index is 13.4. The molecule has 0 radical (unpaired) electrons. The van der Waals surface area contributed by atoms with Gasteiger partial charge in [-0.2, -0.15) is 0 Å². The number of para-hydroxylation sites is 1. The van der Waals surface area contributed by atoms with Gasteiger partial charge in [0.05, 0.1) is 15.8 Å². The molecular formula is C24H15NO4S. The number of rotatable bonds is 2. The molecule has 2 aliphatic rings. The summed E-state index contributed by atoms with van der Waals surface area (Å²) in [5, 5.41) is 23.9. The molecule has 30 heavy (non-hydrogen) atoms. The number of aliphatic hydroxyl groups is 2. The van der Waals surface area contributed by atoms with Crippen LogP contribution in [-0.2, 0) is 10.5 Å². The highest BCUT2D eigenvalue weighted by Gasteiger charge is 2.72. The average molecular weight is 413 g/mol. The third-order valence-electron chi connectivity index (χ3n) is 5.74. The van der Waals surface area contributed by atoms with E-state index in [1.54, 1.807) is 24.3 Å². The van der Waals surface area contributed by atoms with Crippen LogP contribution in [0.5, 0.6) is 0 Å². The van der Waals surface area contributed by atoms with Gasteiger partial charge in [0.2, 0.25) is 11.4 Å². The summed E-state index contributed by atoms with van der Waals surface area (Å²) >= 11 is 1.35. The molecule has 3 aromatic carbocycles. The first kappa shape index (κ1) is 17.5.